The fraction of sp³-hybridized carbons (Fsp3) is 0.375. The Morgan fingerprint density at radius 1 is 1.06 bits per heavy atom. The molecule has 1 amide bonds. The van der Waals surface area contributed by atoms with Crippen molar-refractivity contribution >= 4 is 27.7 Å². The molecule has 174 valence electrons. The van der Waals surface area contributed by atoms with E-state index in [9.17, 15) is 13.2 Å². The Hall–Kier alpha value is -2.84. The molecule has 0 aromatic heterocycles. The quantitative estimate of drug-likeness (QED) is 0.371. The van der Waals surface area contributed by atoms with Gasteiger partial charge in [0.25, 0.3) is 0 Å². The zero-order chi connectivity index (χ0) is 23.6. The number of sulfonamides is 1. The van der Waals surface area contributed by atoms with Crippen LogP contribution < -0.4 is 14.8 Å². The van der Waals surface area contributed by atoms with Gasteiger partial charge in [-0.15, -0.1) is 0 Å². The minimum Gasteiger partial charge on any atom is -0.495 e. The monoisotopic (exact) mass is 460 g/mol. The van der Waals surface area contributed by atoms with Crippen LogP contribution in [-0.4, -0.2) is 45.4 Å². The van der Waals surface area contributed by atoms with Crippen molar-refractivity contribution in [1.29, 1.82) is 0 Å². The Bertz CT molecular complexity index is 1030. The van der Waals surface area contributed by atoms with Crippen LogP contribution in [0.5, 0.6) is 11.5 Å². The van der Waals surface area contributed by atoms with Crippen molar-refractivity contribution in [2.24, 2.45) is 0 Å². The zero-order valence-electron chi connectivity index (χ0n) is 19.1. The molecule has 0 unspecified atom stereocenters. The van der Waals surface area contributed by atoms with Crippen LogP contribution in [0, 0.1) is 0 Å². The minimum absolute atomic E-state index is 0.0935. The van der Waals surface area contributed by atoms with Crippen LogP contribution in [0.15, 0.2) is 53.4 Å². The highest BCUT2D eigenvalue weighted by Crippen LogP contribution is 2.29. The lowest BCUT2D eigenvalue weighted by molar-refractivity contribution is -0.111. The Morgan fingerprint density at radius 2 is 1.78 bits per heavy atom. The van der Waals surface area contributed by atoms with Gasteiger partial charge in [-0.25, -0.2) is 8.42 Å². The number of anilines is 1. The summed E-state index contributed by atoms with van der Waals surface area (Å²) in [6, 6.07) is 11.9. The number of carbonyl (C=O) groups excluding carboxylic acids is 1. The van der Waals surface area contributed by atoms with Gasteiger partial charge in [0, 0.05) is 24.7 Å². The van der Waals surface area contributed by atoms with E-state index in [4.69, 9.17) is 9.47 Å². The van der Waals surface area contributed by atoms with Gasteiger partial charge in [0.05, 0.1) is 24.3 Å². The van der Waals surface area contributed by atoms with E-state index < -0.39 is 15.9 Å². The first kappa shape index (κ1) is 25.4. The van der Waals surface area contributed by atoms with E-state index in [0.29, 0.717) is 31.2 Å². The average Bonchev–Trinajstić information content (AvgIpc) is 2.79. The van der Waals surface area contributed by atoms with Crippen molar-refractivity contribution in [3.05, 3.63) is 54.1 Å². The summed E-state index contributed by atoms with van der Waals surface area (Å²) in [6.45, 7) is 6.97. The normalized spacial score (nSPS) is 11.7. The molecule has 0 aliphatic heterocycles. The zero-order valence-corrected chi connectivity index (χ0v) is 19.9. The summed E-state index contributed by atoms with van der Waals surface area (Å²) in [6.07, 6.45) is 5.03. The number of carbonyl (C=O) groups is 1. The maximum atomic E-state index is 12.8. The van der Waals surface area contributed by atoms with E-state index in [2.05, 4.69) is 12.2 Å². The molecule has 2 aromatic carbocycles. The van der Waals surface area contributed by atoms with Gasteiger partial charge in [-0.3, -0.25) is 4.79 Å². The van der Waals surface area contributed by atoms with Crippen molar-refractivity contribution in [1.82, 2.24) is 4.31 Å². The predicted octanol–water partition coefficient (Wildman–Crippen LogP) is 4.56. The van der Waals surface area contributed by atoms with E-state index in [1.807, 2.05) is 24.3 Å². The van der Waals surface area contributed by atoms with Crippen molar-refractivity contribution < 1.29 is 22.7 Å². The van der Waals surface area contributed by atoms with Gasteiger partial charge < -0.3 is 14.8 Å². The molecule has 0 saturated carbocycles. The summed E-state index contributed by atoms with van der Waals surface area (Å²) >= 11 is 0. The van der Waals surface area contributed by atoms with E-state index in [1.54, 1.807) is 19.9 Å². The van der Waals surface area contributed by atoms with Crippen LogP contribution in [0.4, 0.5) is 5.69 Å². The lowest BCUT2D eigenvalue weighted by Crippen LogP contribution is -2.30. The smallest absolute Gasteiger partial charge is 0.248 e. The number of unbranched alkanes of at least 4 members (excludes halogenated alkanes) is 1. The van der Waals surface area contributed by atoms with Crippen LogP contribution in [0.3, 0.4) is 0 Å². The SMILES string of the molecule is CCCCOc1ccccc1/C=C/C(=O)Nc1cc(S(=O)(=O)N(CC)CC)ccc1OC. The predicted molar refractivity (Wildman–Crippen MR) is 128 cm³/mol. The number of benzene rings is 2. The van der Waals surface area contributed by atoms with Crippen molar-refractivity contribution in [2.45, 2.75) is 38.5 Å². The molecular formula is C24H32N2O5S. The standard InChI is InChI=1S/C24H32N2O5S/c1-5-8-17-31-22-12-10-9-11-19(22)13-16-24(27)25-21-18-20(14-15-23(21)30-4)32(28,29)26(6-2)7-3/h9-16,18H,5-8,17H2,1-4H3,(H,25,27)/b16-13+. The summed E-state index contributed by atoms with van der Waals surface area (Å²) in [5.74, 6) is 0.660. The third-order valence-corrected chi connectivity index (χ3v) is 6.91. The molecule has 0 fully saturated rings. The number of amides is 1. The number of nitrogens with zero attached hydrogens (tertiary/aromatic N) is 1. The molecule has 0 bridgehead atoms. The second kappa shape index (κ2) is 12.3. The lowest BCUT2D eigenvalue weighted by atomic mass is 10.2. The largest absolute Gasteiger partial charge is 0.495 e. The van der Waals surface area contributed by atoms with Gasteiger partial charge >= 0.3 is 0 Å². The van der Waals surface area contributed by atoms with E-state index >= 15 is 0 Å². The van der Waals surface area contributed by atoms with Gasteiger partial charge in [-0.05, 0) is 36.8 Å². The molecule has 1 N–H and O–H groups in total. The second-order valence-corrected chi connectivity index (χ2v) is 8.95. The fourth-order valence-electron chi connectivity index (χ4n) is 3.07. The second-order valence-electron chi connectivity index (χ2n) is 7.01. The van der Waals surface area contributed by atoms with E-state index in [0.717, 1.165) is 18.4 Å². The number of rotatable bonds is 12. The summed E-state index contributed by atoms with van der Waals surface area (Å²) in [7, 11) is -2.20. The van der Waals surface area contributed by atoms with E-state index in [1.165, 1.54) is 35.7 Å². The topological polar surface area (TPSA) is 84.9 Å². The molecule has 32 heavy (non-hydrogen) atoms. The molecular weight excluding hydrogens is 428 g/mol. The Kier molecular flexibility index (Phi) is 9.74. The molecule has 2 aromatic rings. The van der Waals surface area contributed by atoms with Crippen LogP contribution in [0.1, 0.15) is 39.2 Å². The highest BCUT2D eigenvalue weighted by atomic mass is 32.2. The molecule has 0 heterocycles. The van der Waals surface area contributed by atoms with Crippen molar-refractivity contribution in [3.63, 3.8) is 0 Å². The van der Waals surface area contributed by atoms with Crippen molar-refractivity contribution in [3.8, 4) is 11.5 Å². The maximum absolute atomic E-state index is 12.8. The van der Waals surface area contributed by atoms with Crippen LogP contribution >= 0.6 is 0 Å². The average molecular weight is 461 g/mol. The maximum Gasteiger partial charge on any atom is 0.248 e. The van der Waals surface area contributed by atoms with Crippen molar-refractivity contribution in [2.75, 3.05) is 32.1 Å². The molecule has 8 heteroatoms. The number of hydrogen-bond acceptors (Lipinski definition) is 5. The Balaban J connectivity index is 2.23. The van der Waals surface area contributed by atoms with Gasteiger partial charge in [0.2, 0.25) is 15.9 Å². The number of hydrogen-bond donors (Lipinski definition) is 1. The molecule has 0 atom stereocenters. The highest BCUT2D eigenvalue weighted by Gasteiger charge is 2.23. The number of ether oxygens (including phenoxy) is 2. The third kappa shape index (κ3) is 6.58. The van der Waals surface area contributed by atoms with Crippen LogP contribution in [-0.2, 0) is 14.8 Å². The fourth-order valence-corrected chi connectivity index (χ4v) is 4.56. The molecule has 0 saturated heterocycles. The van der Waals surface area contributed by atoms with Gasteiger partial charge in [-0.2, -0.15) is 4.31 Å². The number of methoxy groups -OCH3 is 1. The van der Waals surface area contributed by atoms with Crippen LogP contribution in [0.2, 0.25) is 0 Å². The Morgan fingerprint density at radius 3 is 2.44 bits per heavy atom. The summed E-state index contributed by atoms with van der Waals surface area (Å²) < 4.78 is 38.1. The molecule has 0 radical (unpaired) electrons. The molecule has 0 aliphatic carbocycles. The number of para-hydroxylation sites is 1. The first-order valence-corrected chi connectivity index (χ1v) is 12.2. The third-order valence-electron chi connectivity index (χ3n) is 4.86. The number of nitrogens with one attached hydrogen (secondary N) is 1. The van der Waals surface area contributed by atoms with Gasteiger partial charge in [0.15, 0.2) is 0 Å². The molecule has 7 nitrogen and oxygen atoms in total. The summed E-state index contributed by atoms with van der Waals surface area (Å²) in [5.41, 5.74) is 1.06. The first-order chi connectivity index (χ1) is 15.4. The summed E-state index contributed by atoms with van der Waals surface area (Å²) in [5, 5.41) is 2.72. The first-order valence-electron chi connectivity index (χ1n) is 10.8. The lowest BCUT2D eigenvalue weighted by Gasteiger charge is -2.19. The van der Waals surface area contributed by atoms with Gasteiger partial charge in [0.1, 0.15) is 11.5 Å². The van der Waals surface area contributed by atoms with Crippen LogP contribution in [0.25, 0.3) is 6.08 Å². The highest BCUT2D eigenvalue weighted by molar-refractivity contribution is 7.89. The minimum atomic E-state index is -3.66. The molecule has 0 aliphatic rings. The summed E-state index contributed by atoms with van der Waals surface area (Å²) in [4.78, 5) is 12.7. The molecule has 0 spiro atoms. The Labute approximate surface area is 191 Å². The van der Waals surface area contributed by atoms with E-state index in [-0.39, 0.29) is 10.6 Å². The molecule has 2 rings (SSSR count). The van der Waals surface area contributed by atoms with Gasteiger partial charge in [-0.1, -0.05) is 45.4 Å².